The molecule has 0 aliphatic rings. The quantitative estimate of drug-likeness (QED) is 0.120. The first-order chi connectivity index (χ1) is 46.8. The molecule has 16 rings (SSSR count). The van der Waals surface area contributed by atoms with E-state index in [1.54, 1.807) is 29.4 Å². The fourth-order valence-corrected chi connectivity index (χ4v) is 13.4. The first-order valence-corrected chi connectivity index (χ1v) is 30.9. The lowest BCUT2D eigenvalue weighted by atomic mass is 9.90. The average Bonchev–Trinajstić information content (AvgIpc) is 1.51. The Balaban J connectivity index is 0.991. The standard InChI is InChI=1S/C83H49F6N7/c84-82(85,86)69-22-13-23-70(83(87,88)89)80(69)63-28-33-79(95-75-29-24-55(59-34-38-91-71(46-59)51-14-5-1-6-15-51)42-64(75)65-43-56(25-30-76(65)95)60-35-39-92-72(47-60)52-16-7-2-8-17-52)68(50-90)81(63)96-77-31-26-57(61-36-40-93-73(48-61)53-18-9-3-10-19-53)44-66(77)67-45-58(27-32-78(67)96)62-37-41-94-74(49-62)54-20-11-4-12-21-54/h1-49H. The van der Waals surface area contributed by atoms with Gasteiger partial charge in [-0.15, -0.1) is 0 Å². The fourth-order valence-electron chi connectivity index (χ4n) is 13.4. The second-order valence-corrected chi connectivity index (χ2v) is 23.5. The van der Waals surface area contributed by atoms with Crippen LogP contribution in [0.4, 0.5) is 26.3 Å². The van der Waals surface area contributed by atoms with Gasteiger partial charge in [-0.1, -0.05) is 158 Å². The summed E-state index contributed by atoms with van der Waals surface area (Å²) >= 11 is 0. The molecule has 0 spiro atoms. The zero-order chi connectivity index (χ0) is 65.2. The van der Waals surface area contributed by atoms with Crippen molar-refractivity contribution >= 4 is 43.6 Å². The van der Waals surface area contributed by atoms with Crippen molar-refractivity contribution in [1.29, 1.82) is 5.26 Å². The number of alkyl halides is 6. The lowest BCUT2D eigenvalue weighted by Gasteiger charge is -2.24. The number of benzene rings is 10. The van der Waals surface area contributed by atoms with Gasteiger partial charge in [-0.05, 0) is 160 Å². The molecule has 0 bridgehead atoms. The van der Waals surface area contributed by atoms with Crippen LogP contribution >= 0.6 is 0 Å². The first kappa shape index (κ1) is 58.5. The van der Waals surface area contributed by atoms with E-state index < -0.39 is 34.6 Å². The van der Waals surface area contributed by atoms with Crippen LogP contribution in [0.15, 0.2) is 298 Å². The minimum Gasteiger partial charge on any atom is -0.308 e. The van der Waals surface area contributed by atoms with Crippen molar-refractivity contribution in [3.8, 4) is 118 Å². The van der Waals surface area contributed by atoms with Crippen LogP contribution in [0.1, 0.15) is 16.7 Å². The van der Waals surface area contributed by atoms with Crippen molar-refractivity contribution in [3.05, 3.63) is 314 Å². The van der Waals surface area contributed by atoms with Gasteiger partial charge >= 0.3 is 12.4 Å². The smallest absolute Gasteiger partial charge is 0.308 e. The maximum absolute atomic E-state index is 15.9. The van der Waals surface area contributed by atoms with E-state index in [2.05, 4.69) is 18.2 Å². The van der Waals surface area contributed by atoms with E-state index in [1.165, 1.54) is 12.1 Å². The van der Waals surface area contributed by atoms with E-state index in [9.17, 15) is 5.26 Å². The molecular weight excluding hydrogens is 1210 g/mol. The monoisotopic (exact) mass is 1260 g/mol. The van der Waals surface area contributed by atoms with Crippen molar-refractivity contribution in [2.75, 3.05) is 0 Å². The third-order valence-electron chi connectivity index (χ3n) is 17.9. The lowest BCUT2D eigenvalue weighted by molar-refractivity contribution is -0.142. The molecule has 96 heavy (non-hydrogen) atoms. The lowest BCUT2D eigenvalue weighted by Crippen LogP contribution is -2.16. The molecule has 16 aromatic rings. The summed E-state index contributed by atoms with van der Waals surface area (Å²) in [6, 6.07) is 85.3. The summed E-state index contributed by atoms with van der Waals surface area (Å²) in [5.41, 5.74) is 10.4. The summed E-state index contributed by atoms with van der Waals surface area (Å²) in [5, 5.41) is 14.9. The highest BCUT2D eigenvalue weighted by atomic mass is 19.4. The van der Waals surface area contributed by atoms with Crippen molar-refractivity contribution in [1.82, 2.24) is 29.1 Å². The van der Waals surface area contributed by atoms with Crippen LogP contribution in [0.3, 0.4) is 0 Å². The van der Waals surface area contributed by atoms with Crippen LogP contribution in [0, 0.1) is 11.3 Å². The van der Waals surface area contributed by atoms with E-state index >= 15 is 26.3 Å². The summed E-state index contributed by atoms with van der Waals surface area (Å²) < 4.78 is 98.8. The van der Waals surface area contributed by atoms with Crippen LogP contribution in [0.2, 0.25) is 0 Å². The Bertz CT molecular complexity index is 5440. The Morgan fingerprint density at radius 2 is 0.594 bits per heavy atom. The maximum Gasteiger partial charge on any atom is 0.417 e. The molecular formula is C83H49F6N7. The number of halogens is 6. The molecule has 13 heteroatoms. The number of rotatable bonds is 11. The predicted molar refractivity (Wildman–Crippen MR) is 370 cm³/mol. The van der Waals surface area contributed by atoms with Crippen LogP contribution in [-0.4, -0.2) is 29.1 Å². The van der Waals surface area contributed by atoms with Crippen LogP contribution < -0.4 is 0 Å². The van der Waals surface area contributed by atoms with Crippen LogP contribution in [0.5, 0.6) is 0 Å². The molecule has 0 fully saturated rings. The highest BCUT2D eigenvalue weighted by Gasteiger charge is 2.42. The van der Waals surface area contributed by atoms with Gasteiger partial charge < -0.3 is 9.13 Å². The molecule has 0 atom stereocenters. The molecule has 0 radical (unpaired) electrons. The molecule has 0 N–H and O–H groups in total. The minimum absolute atomic E-state index is 0.192. The first-order valence-electron chi connectivity index (χ1n) is 30.9. The summed E-state index contributed by atoms with van der Waals surface area (Å²) in [5.74, 6) is 0. The van der Waals surface area contributed by atoms with Crippen LogP contribution in [0.25, 0.3) is 156 Å². The maximum atomic E-state index is 15.9. The number of aromatic nitrogens is 6. The van der Waals surface area contributed by atoms with Gasteiger partial charge in [0.05, 0.1) is 67.3 Å². The third-order valence-corrected chi connectivity index (χ3v) is 17.9. The Morgan fingerprint density at radius 1 is 0.292 bits per heavy atom. The molecule has 0 saturated carbocycles. The van der Waals surface area contributed by atoms with Gasteiger partial charge in [-0.3, -0.25) is 19.9 Å². The van der Waals surface area contributed by atoms with Crippen LogP contribution in [-0.2, 0) is 12.4 Å². The van der Waals surface area contributed by atoms with Gasteiger partial charge in [0.2, 0.25) is 0 Å². The SMILES string of the molecule is N#Cc1c(-n2c3ccc(-c4ccnc(-c5ccccc5)c4)cc3c3cc(-c4ccnc(-c5ccccc5)c4)ccc32)ccc(-c2c(C(F)(F)F)cccc2C(F)(F)F)c1-n1c2ccc(-c3ccnc(-c4ccccc4)c3)cc2c2cc(-c3ccnc(-c4ccccc4)c3)ccc21. The Morgan fingerprint density at radius 3 is 0.896 bits per heavy atom. The fraction of sp³-hybridized carbons (Fsp3) is 0.0241. The molecule has 0 unspecified atom stereocenters. The number of nitriles is 1. The van der Waals surface area contributed by atoms with Gasteiger partial charge in [-0.25, -0.2) is 0 Å². The average molecular weight is 1260 g/mol. The number of fused-ring (bicyclic) bond motifs is 6. The number of hydrogen-bond acceptors (Lipinski definition) is 5. The van der Waals surface area contributed by atoms with Gasteiger partial charge in [0.25, 0.3) is 0 Å². The second kappa shape index (κ2) is 23.5. The number of hydrogen-bond donors (Lipinski definition) is 0. The Labute approximate surface area is 546 Å². The number of nitrogens with zero attached hydrogens (tertiary/aromatic N) is 7. The molecule has 6 heterocycles. The van der Waals surface area contributed by atoms with E-state index in [1.807, 2.05) is 235 Å². The molecule has 0 aliphatic carbocycles. The van der Waals surface area contributed by atoms with Gasteiger partial charge in [-0.2, -0.15) is 31.6 Å². The zero-order valence-electron chi connectivity index (χ0n) is 50.7. The third kappa shape index (κ3) is 10.5. The molecule has 0 saturated heterocycles. The number of pyridine rings is 4. The molecule has 458 valence electrons. The molecule has 10 aromatic carbocycles. The summed E-state index contributed by atoms with van der Waals surface area (Å²) in [6.45, 7) is 0. The highest BCUT2D eigenvalue weighted by molar-refractivity contribution is 6.14. The Kier molecular flexibility index (Phi) is 14.4. The predicted octanol–water partition coefficient (Wildman–Crippen LogP) is 22.4. The molecule has 7 nitrogen and oxygen atoms in total. The topological polar surface area (TPSA) is 85.2 Å². The largest absolute Gasteiger partial charge is 0.417 e. The normalized spacial score (nSPS) is 11.8. The van der Waals surface area contributed by atoms with E-state index in [0.717, 1.165) is 106 Å². The van der Waals surface area contributed by atoms with E-state index in [0.29, 0.717) is 45.0 Å². The summed E-state index contributed by atoms with van der Waals surface area (Å²) in [4.78, 5) is 18.8. The highest BCUT2D eigenvalue weighted by Crippen LogP contribution is 2.50. The Hall–Kier alpha value is -12.5. The summed E-state index contributed by atoms with van der Waals surface area (Å²) in [7, 11) is 0. The molecule has 0 aliphatic heterocycles. The van der Waals surface area contributed by atoms with Crippen molar-refractivity contribution in [2.24, 2.45) is 0 Å². The molecule has 6 aromatic heterocycles. The van der Waals surface area contributed by atoms with Gasteiger partial charge in [0.1, 0.15) is 11.6 Å². The second-order valence-electron chi connectivity index (χ2n) is 23.5. The van der Waals surface area contributed by atoms with Crippen molar-refractivity contribution < 1.29 is 26.3 Å². The summed E-state index contributed by atoms with van der Waals surface area (Å²) in [6.07, 6.45) is -3.60. The van der Waals surface area contributed by atoms with E-state index in [-0.39, 0.29) is 16.9 Å². The van der Waals surface area contributed by atoms with Crippen molar-refractivity contribution in [2.45, 2.75) is 12.4 Å². The van der Waals surface area contributed by atoms with Gasteiger partial charge in [0.15, 0.2) is 0 Å². The van der Waals surface area contributed by atoms with Crippen molar-refractivity contribution in [3.63, 3.8) is 0 Å². The zero-order valence-corrected chi connectivity index (χ0v) is 50.7. The molecule has 0 amide bonds. The van der Waals surface area contributed by atoms with Gasteiger partial charge in [0, 0.05) is 79.7 Å². The minimum atomic E-state index is -5.29. The van der Waals surface area contributed by atoms with E-state index in [4.69, 9.17) is 19.9 Å².